The number of piperidine rings is 1. The summed E-state index contributed by atoms with van der Waals surface area (Å²) in [5.41, 5.74) is 10.5. The average Bonchev–Trinajstić information content (AvgIpc) is 3.51. The van der Waals surface area contributed by atoms with Gasteiger partial charge in [0.25, 0.3) is 5.91 Å². The second kappa shape index (κ2) is 8.07. The van der Waals surface area contributed by atoms with E-state index in [0.717, 1.165) is 79.4 Å². The minimum atomic E-state index is -0.584. The fourth-order valence-electron chi connectivity index (χ4n) is 6.25. The highest BCUT2D eigenvalue weighted by Crippen LogP contribution is 2.37. The first kappa shape index (κ1) is 21.4. The number of fused-ring (bicyclic) bond motifs is 1. The molecule has 1 amide bonds. The number of aryl methyl sites for hydroxylation is 1. The molecule has 2 aromatic heterocycles. The number of nitrogens with two attached hydrogens (primary N) is 1. The van der Waals surface area contributed by atoms with Gasteiger partial charge in [0.1, 0.15) is 0 Å². The van der Waals surface area contributed by atoms with Crippen molar-refractivity contribution in [1.29, 1.82) is 0 Å². The summed E-state index contributed by atoms with van der Waals surface area (Å²) in [5, 5.41) is 13.6. The lowest BCUT2D eigenvalue weighted by Gasteiger charge is -2.31. The van der Waals surface area contributed by atoms with Crippen molar-refractivity contribution in [2.24, 2.45) is 11.7 Å². The zero-order chi connectivity index (χ0) is 23.7. The van der Waals surface area contributed by atoms with Gasteiger partial charge in [0.2, 0.25) is 0 Å². The van der Waals surface area contributed by atoms with Crippen LogP contribution < -0.4 is 16.3 Å². The van der Waals surface area contributed by atoms with E-state index in [1.165, 1.54) is 23.4 Å². The van der Waals surface area contributed by atoms with Crippen LogP contribution in [0.4, 0.5) is 0 Å². The average molecular weight is 472 g/mol. The van der Waals surface area contributed by atoms with Crippen LogP contribution >= 0.6 is 0 Å². The monoisotopic (exact) mass is 471 g/mol. The Bertz CT molecular complexity index is 1460. The van der Waals surface area contributed by atoms with Crippen molar-refractivity contribution < 1.29 is 9.90 Å². The maximum atomic E-state index is 13.4. The molecule has 2 unspecified atom stereocenters. The molecule has 7 nitrogen and oxygen atoms in total. The second-order valence-electron chi connectivity index (χ2n) is 10.9. The number of benzene rings is 1. The molecule has 1 saturated heterocycles. The van der Waals surface area contributed by atoms with E-state index in [1.54, 1.807) is 0 Å². The summed E-state index contributed by atoms with van der Waals surface area (Å²) < 4.78 is 4.74. The zero-order valence-electron chi connectivity index (χ0n) is 20.1. The molecule has 3 N–H and O–H groups in total. The van der Waals surface area contributed by atoms with E-state index in [9.17, 15) is 9.90 Å². The van der Waals surface area contributed by atoms with Gasteiger partial charge >= 0.3 is 0 Å². The molecule has 4 heterocycles. The first-order chi connectivity index (χ1) is 17.1. The predicted octanol–water partition coefficient (Wildman–Crippen LogP) is 2.27. The van der Waals surface area contributed by atoms with Crippen molar-refractivity contribution in [3.05, 3.63) is 39.9 Å². The van der Waals surface area contributed by atoms with Crippen molar-refractivity contribution >= 4 is 29.1 Å². The van der Waals surface area contributed by atoms with E-state index in [0.29, 0.717) is 18.5 Å². The first-order valence-corrected chi connectivity index (χ1v) is 13.2. The Morgan fingerprint density at radius 2 is 1.94 bits per heavy atom. The topological polar surface area (TPSA) is 89.3 Å². The molecule has 7 heteroatoms. The van der Waals surface area contributed by atoms with Crippen LogP contribution in [0.15, 0.2) is 18.2 Å². The molecular formula is C28H33N5O2. The molecule has 1 aromatic carbocycles. The highest BCUT2D eigenvalue weighted by Gasteiger charge is 2.30. The number of nitrogens with zero attached hydrogens (tertiary/aromatic N) is 4. The summed E-state index contributed by atoms with van der Waals surface area (Å²) in [6, 6.07) is 6.15. The summed E-state index contributed by atoms with van der Waals surface area (Å²) in [6.07, 6.45) is 11.4. The largest absolute Gasteiger partial charge is 0.388 e. The number of aliphatic hydroxyl groups is 1. The molecule has 3 aromatic rings. The summed E-state index contributed by atoms with van der Waals surface area (Å²) in [4.78, 5) is 20.4. The minimum absolute atomic E-state index is 0.0102. The Hall–Kier alpha value is -2.90. The third-order valence-electron chi connectivity index (χ3n) is 8.25. The zero-order valence-corrected chi connectivity index (χ0v) is 20.1. The summed E-state index contributed by atoms with van der Waals surface area (Å²) in [7, 11) is 0. The van der Waals surface area contributed by atoms with Crippen molar-refractivity contribution in [2.75, 3.05) is 13.1 Å². The molecular weight excluding hydrogens is 438 g/mol. The van der Waals surface area contributed by atoms with Crippen LogP contribution in [0.1, 0.15) is 67.0 Å². The van der Waals surface area contributed by atoms with Gasteiger partial charge in [0.05, 0.1) is 22.8 Å². The minimum Gasteiger partial charge on any atom is -0.388 e. The molecule has 0 spiro atoms. The van der Waals surface area contributed by atoms with Crippen LogP contribution in [-0.4, -0.2) is 49.2 Å². The summed E-state index contributed by atoms with van der Waals surface area (Å²) in [6.45, 7) is 3.07. The van der Waals surface area contributed by atoms with Crippen molar-refractivity contribution in [3.63, 3.8) is 0 Å². The van der Waals surface area contributed by atoms with Crippen LogP contribution in [-0.2, 0) is 13.1 Å². The Morgan fingerprint density at radius 1 is 1.09 bits per heavy atom. The Morgan fingerprint density at radius 3 is 2.77 bits per heavy atom. The maximum absolute atomic E-state index is 13.4. The Balaban J connectivity index is 1.38. The number of amides is 1. The highest BCUT2D eigenvalue weighted by molar-refractivity contribution is 5.99. The molecule has 1 saturated carbocycles. The van der Waals surface area contributed by atoms with Crippen LogP contribution in [0.2, 0.25) is 0 Å². The van der Waals surface area contributed by atoms with Crippen LogP contribution in [0.25, 0.3) is 34.7 Å². The van der Waals surface area contributed by atoms with E-state index in [-0.39, 0.29) is 11.9 Å². The van der Waals surface area contributed by atoms with Crippen LogP contribution in [0, 0.1) is 5.92 Å². The Kier molecular flexibility index (Phi) is 4.93. The highest BCUT2D eigenvalue weighted by atomic mass is 16.3. The molecule has 4 aliphatic rings. The predicted molar refractivity (Wildman–Crippen MR) is 136 cm³/mol. The number of imidazole rings is 1. The molecule has 2 atom stereocenters. The number of aromatic nitrogens is 3. The quantitative estimate of drug-likeness (QED) is 0.611. The fourth-order valence-corrected chi connectivity index (χ4v) is 6.25. The summed E-state index contributed by atoms with van der Waals surface area (Å²) in [5.74, 6) is 1.70. The Labute approximate surface area is 204 Å². The van der Waals surface area contributed by atoms with Gasteiger partial charge in [-0.1, -0.05) is 12.2 Å². The smallest absolute Gasteiger partial charge is 0.253 e. The fraction of sp³-hybridized carbons (Fsp3) is 0.500. The molecule has 2 fully saturated rings. The molecule has 0 radical (unpaired) electrons. The lowest BCUT2D eigenvalue weighted by molar-refractivity contribution is 0.0708. The lowest BCUT2D eigenvalue weighted by atomic mass is 9.97. The molecule has 2 aliphatic carbocycles. The maximum Gasteiger partial charge on any atom is 0.253 e. The summed E-state index contributed by atoms with van der Waals surface area (Å²) >= 11 is 0. The third kappa shape index (κ3) is 3.55. The van der Waals surface area contributed by atoms with Crippen molar-refractivity contribution in [3.8, 4) is 11.5 Å². The van der Waals surface area contributed by atoms with Crippen LogP contribution in [0.3, 0.4) is 0 Å². The van der Waals surface area contributed by atoms with Gasteiger partial charge in [0, 0.05) is 48.7 Å². The van der Waals surface area contributed by atoms with Gasteiger partial charge in [-0.2, -0.15) is 0 Å². The van der Waals surface area contributed by atoms with Gasteiger partial charge in [-0.25, -0.2) is 4.98 Å². The van der Waals surface area contributed by atoms with Gasteiger partial charge in [0.15, 0.2) is 5.82 Å². The normalized spacial score (nSPS) is 23.7. The number of rotatable bonds is 4. The number of likely N-dealkylation sites (tertiary alicyclic amines) is 1. The van der Waals surface area contributed by atoms with Gasteiger partial charge < -0.3 is 24.9 Å². The van der Waals surface area contributed by atoms with Crippen LogP contribution in [0.5, 0.6) is 0 Å². The van der Waals surface area contributed by atoms with E-state index in [1.807, 2.05) is 17.0 Å². The van der Waals surface area contributed by atoms with E-state index >= 15 is 0 Å². The first-order valence-electron chi connectivity index (χ1n) is 13.2. The van der Waals surface area contributed by atoms with Gasteiger partial charge in [-0.3, -0.25) is 4.79 Å². The third-order valence-corrected chi connectivity index (χ3v) is 8.25. The molecule has 2 aliphatic heterocycles. The lowest BCUT2D eigenvalue weighted by Crippen LogP contribution is -2.45. The molecule has 182 valence electrons. The number of aliphatic hydroxyl groups excluding tert-OH is 1. The van der Waals surface area contributed by atoms with Crippen molar-refractivity contribution in [2.45, 2.75) is 70.2 Å². The number of carbonyl (C=O) groups excluding carboxylic acids is 1. The second-order valence-corrected chi connectivity index (χ2v) is 10.9. The van der Waals surface area contributed by atoms with Crippen molar-refractivity contribution in [1.82, 2.24) is 19.0 Å². The van der Waals surface area contributed by atoms with E-state index < -0.39 is 6.10 Å². The standard InChI is InChI=1S/C28H33N5O2/c29-20-5-3-10-31(16-20)28(35)19-12-21-25(34)9-11-32-26(21)22(13-19)30-27(32)24-14-18-4-1-2-6-23(18)33(24)15-17-7-8-17/h4,6,12-14,17,20,25,34H,1-3,5,7-11,15-16,29H2. The number of carbonyl (C=O) groups is 1. The van der Waals surface area contributed by atoms with E-state index in [2.05, 4.69) is 27.4 Å². The number of hydrogen-bond acceptors (Lipinski definition) is 4. The SMILES string of the molecule is NC1CCCN(C(=O)c2cc3c4c(c2)nc(-c2cc5c(n2CC2CC2)=CCCC=5)n4CCC3O)C1. The van der Waals surface area contributed by atoms with Gasteiger partial charge in [-0.15, -0.1) is 0 Å². The molecule has 0 bridgehead atoms. The number of hydrogen-bond donors (Lipinski definition) is 2. The molecule has 7 rings (SSSR count). The molecule has 35 heavy (non-hydrogen) atoms. The van der Waals surface area contributed by atoms with E-state index in [4.69, 9.17) is 10.7 Å². The van der Waals surface area contributed by atoms with Gasteiger partial charge in [-0.05, 0) is 74.3 Å².